The van der Waals surface area contributed by atoms with Crippen molar-refractivity contribution >= 4 is 10.9 Å². The van der Waals surface area contributed by atoms with Gasteiger partial charge in [0.1, 0.15) is 23.4 Å². The van der Waals surface area contributed by atoms with Gasteiger partial charge in [-0.1, -0.05) is 19.1 Å². The third-order valence-electron chi connectivity index (χ3n) is 4.73. The molecule has 0 spiro atoms. The van der Waals surface area contributed by atoms with Gasteiger partial charge in [-0.2, -0.15) is 5.10 Å². The maximum absolute atomic E-state index is 13.2. The van der Waals surface area contributed by atoms with Gasteiger partial charge in [-0.25, -0.2) is 9.07 Å². The van der Waals surface area contributed by atoms with E-state index in [9.17, 15) is 4.39 Å². The zero-order valence-electron chi connectivity index (χ0n) is 15.8. The second-order valence-electron chi connectivity index (χ2n) is 6.54. The third kappa shape index (κ3) is 3.56. The number of benzene rings is 3. The van der Waals surface area contributed by atoms with Crippen LogP contribution in [0.2, 0.25) is 0 Å². The first-order chi connectivity index (χ1) is 13.7. The molecule has 4 aromatic rings. The molecule has 5 heteroatoms. The van der Waals surface area contributed by atoms with Gasteiger partial charge < -0.3 is 9.47 Å². The molecular weight excluding hydrogens is 355 g/mol. The van der Waals surface area contributed by atoms with Gasteiger partial charge in [0.25, 0.3) is 0 Å². The molecule has 3 aromatic carbocycles. The Bertz CT molecular complexity index is 1090. The fraction of sp³-hybridized carbons (Fsp3) is 0.174. The Morgan fingerprint density at radius 3 is 2.57 bits per heavy atom. The molecular formula is C23H21FN2O2. The molecule has 0 aliphatic heterocycles. The van der Waals surface area contributed by atoms with E-state index < -0.39 is 0 Å². The highest BCUT2D eigenvalue weighted by Gasteiger charge is 2.13. The Morgan fingerprint density at radius 2 is 1.82 bits per heavy atom. The van der Waals surface area contributed by atoms with Gasteiger partial charge in [0.05, 0.1) is 24.5 Å². The van der Waals surface area contributed by atoms with Gasteiger partial charge in [0.15, 0.2) is 0 Å². The Hall–Kier alpha value is -3.34. The zero-order valence-corrected chi connectivity index (χ0v) is 15.8. The van der Waals surface area contributed by atoms with Crippen LogP contribution >= 0.6 is 0 Å². The molecule has 0 amide bonds. The lowest BCUT2D eigenvalue weighted by Crippen LogP contribution is -2.06. The van der Waals surface area contributed by atoms with Crippen LogP contribution in [0.5, 0.6) is 11.5 Å². The number of hydrogen-bond donors (Lipinski definition) is 0. The Morgan fingerprint density at radius 1 is 1.00 bits per heavy atom. The number of ether oxygens (including phenoxy) is 2. The number of halogens is 1. The maximum Gasteiger partial charge on any atom is 0.124 e. The van der Waals surface area contributed by atoms with Crippen LogP contribution in [0.1, 0.15) is 25.0 Å². The van der Waals surface area contributed by atoms with Crippen LogP contribution < -0.4 is 9.47 Å². The molecule has 0 N–H and O–H groups in total. The number of aromatic nitrogens is 2. The average molecular weight is 376 g/mol. The summed E-state index contributed by atoms with van der Waals surface area (Å²) in [4.78, 5) is 0. The van der Waals surface area contributed by atoms with Gasteiger partial charge in [0.2, 0.25) is 0 Å². The molecule has 0 saturated heterocycles. The summed E-state index contributed by atoms with van der Waals surface area (Å²) in [5, 5.41) is 5.40. The number of hydrogen-bond acceptors (Lipinski definition) is 3. The monoisotopic (exact) mass is 376 g/mol. The van der Waals surface area contributed by atoms with E-state index in [-0.39, 0.29) is 11.9 Å². The largest absolute Gasteiger partial charge is 0.497 e. The smallest absolute Gasteiger partial charge is 0.124 e. The summed E-state index contributed by atoms with van der Waals surface area (Å²) < 4.78 is 26.5. The fourth-order valence-electron chi connectivity index (χ4n) is 3.27. The van der Waals surface area contributed by atoms with E-state index in [1.54, 1.807) is 30.1 Å². The molecule has 0 fully saturated rings. The van der Waals surface area contributed by atoms with Gasteiger partial charge in [-0.15, -0.1) is 0 Å². The predicted octanol–water partition coefficient (Wildman–Crippen LogP) is 5.70. The summed E-state index contributed by atoms with van der Waals surface area (Å²) in [6.07, 6.45) is 2.55. The van der Waals surface area contributed by atoms with E-state index in [2.05, 4.69) is 12.0 Å². The van der Waals surface area contributed by atoms with Crippen LogP contribution in [0.25, 0.3) is 16.6 Å². The quantitative estimate of drug-likeness (QED) is 0.433. The molecule has 0 bridgehead atoms. The number of fused-ring (bicyclic) bond motifs is 1. The van der Waals surface area contributed by atoms with Crippen molar-refractivity contribution in [3.8, 4) is 17.2 Å². The van der Waals surface area contributed by atoms with Crippen LogP contribution in [-0.2, 0) is 0 Å². The second kappa shape index (κ2) is 7.72. The highest BCUT2D eigenvalue weighted by atomic mass is 19.1. The normalized spacial score (nSPS) is 12.1. The average Bonchev–Trinajstić information content (AvgIpc) is 3.16. The van der Waals surface area contributed by atoms with E-state index in [4.69, 9.17) is 9.47 Å². The van der Waals surface area contributed by atoms with Crippen LogP contribution in [0.3, 0.4) is 0 Å². The van der Waals surface area contributed by atoms with E-state index in [0.29, 0.717) is 0 Å². The standard InChI is InChI=1S/C23H21FN2O2/c1-3-23(16-5-4-6-20(13-16)27-2)28-21-11-12-22-17(14-21)15-25-26(22)19-9-7-18(24)8-10-19/h4-15,23H,3H2,1-2H3. The van der Waals surface area contributed by atoms with Crippen molar-refractivity contribution < 1.29 is 13.9 Å². The van der Waals surface area contributed by atoms with Crippen molar-refractivity contribution in [3.05, 3.63) is 84.3 Å². The van der Waals surface area contributed by atoms with Gasteiger partial charge in [-0.05, 0) is 66.6 Å². The van der Waals surface area contributed by atoms with Crippen molar-refractivity contribution in [3.63, 3.8) is 0 Å². The fourth-order valence-corrected chi connectivity index (χ4v) is 3.27. The molecule has 1 unspecified atom stereocenters. The van der Waals surface area contributed by atoms with Crippen molar-refractivity contribution in [2.45, 2.75) is 19.4 Å². The van der Waals surface area contributed by atoms with E-state index in [1.807, 2.05) is 42.5 Å². The van der Waals surface area contributed by atoms with Crippen LogP contribution in [-0.4, -0.2) is 16.9 Å². The van der Waals surface area contributed by atoms with Crippen LogP contribution in [0.15, 0.2) is 72.9 Å². The summed E-state index contributed by atoms with van der Waals surface area (Å²) in [6.45, 7) is 2.09. The van der Waals surface area contributed by atoms with Crippen LogP contribution in [0.4, 0.5) is 4.39 Å². The van der Waals surface area contributed by atoms with Gasteiger partial charge in [0, 0.05) is 5.39 Å². The lowest BCUT2D eigenvalue weighted by molar-refractivity contribution is 0.201. The lowest BCUT2D eigenvalue weighted by atomic mass is 10.1. The number of rotatable bonds is 6. The minimum Gasteiger partial charge on any atom is -0.497 e. The molecule has 1 heterocycles. The van der Waals surface area contributed by atoms with Gasteiger partial charge in [-0.3, -0.25) is 0 Å². The van der Waals surface area contributed by atoms with Crippen molar-refractivity contribution in [1.82, 2.24) is 9.78 Å². The van der Waals surface area contributed by atoms with Crippen molar-refractivity contribution in [1.29, 1.82) is 0 Å². The zero-order chi connectivity index (χ0) is 19.5. The number of nitrogens with zero attached hydrogens (tertiary/aromatic N) is 2. The molecule has 4 rings (SSSR count). The topological polar surface area (TPSA) is 36.3 Å². The summed E-state index contributed by atoms with van der Waals surface area (Å²) in [5.74, 6) is 1.33. The highest BCUT2D eigenvalue weighted by Crippen LogP contribution is 2.30. The third-order valence-corrected chi connectivity index (χ3v) is 4.73. The van der Waals surface area contributed by atoms with E-state index >= 15 is 0 Å². The molecule has 0 aliphatic carbocycles. The van der Waals surface area contributed by atoms with E-state index in [1.165, 1.54) is 12.1 Å². The second-order valence-corrected chi connectivity index (χ2v) is 6.54. The molecule has 142 valence electrons. The minimum absolute atomic E-state index is 0.0697. The maximum atomic E-state index is 13.2. The molecule has 0 aliphatic rings. The Kier molecular flexibility index (Phi) is 4.98. The van der Waals surface area contributed by atoms with Crippen LogP contribution in [0, 0.1) is 5.82 Å². The van der Waals surface area contributed by atoms with E-state index in [0.717, 1.165) is 40.1 Å². The molecule has 4 nitrogen and oxygen atoms in total. The summed E-state index contributed by atoms with van der Waals surface area (Å²) >= 11 is 0. The van der Waals surface area contributed by atoms with Crippen molar-refractivity contribution in [2.75, 3.05) is 7.11 Å². The molecule has 1 aromatic heterocycles. The summed E-state index contributed by atoms with van der Waals surface area (Å²) in [7, 11) is 1.66. The number of methoxy groups -OCH3 is 1. The Balaban J connectivity index is 1.61. The first-order valence-electron chi connectivity index (χ1n) is 9.22. The van der Waals surface area contributed by atoms with Crippen molar-refractivity contribution in [2.24, 2.45) is 0 Å². The molecule has 0 saturated carbocycles. The first-order valence-corrected chi connectivity index (χ1v) is 9.22. The first kappa shape index (κ1) is 18.0. The Labute approximate surface area is 163 Å². The van der Waals surface area contributed by atoms with Gasteiger partial charge >= 0.3 is 0 Å². The molecule has 0 radical (unpaired) electrons. The lowest BCUT2D eigenvalue weighted by Gasteiger charge is -2.18. The predicted molar refractivity (Wildman–Crippen MR) is 108 cm³/mol. The minimum atomic E-state index is -0.265. The summed E-state index contributed by atoms with van der Waals surface area (Å²) in [6, 6.07) is 20.1. The SMILES string of the molecule is CCC(Oc1ccc2c(cnn2-c2ccc(F)cc2)c1)c1cccc(OC)c1. The summed E-state index contributed by atoms with van der Waals surface area (Å²) in [5.41, 5.74) is 2.82. The highest BCUT2D eigenvalue weighted by molar-refractivity contribution is 5.81. The molecule has 28 heavy (non-hydrogen) atoms. The molecule has 1 atom stereocenters.